The van der Waals surface area contributed by atoms with E-state index in [0.29, 0.717) is 18.0 Å². The van der Waals surface area contributed by atoms with Crippen LogP contribution in [0.2, 0.25) is 0 Å². The molecule has 0 fully saturated rings. The smallest absolute Gasteiger partial charge is 0.256 e. The first kappa shape index (κ1) is 12.0. The van der Waals surface area contributed by atoms with Crippen LogP contribution in [0.25, 0.3) is 0 Å². The normalized spacial score (nSPS) is 19.5. The van der Waals surface area contributed by atoms with Crippen molar-refractivity contribution >= 4 is 11.8 Å². The molecule has 1 unspecified atom stereocenters. The zero-order valence-electron chi connectivity index (χ0n) is 10.1. The third-order valence-corrected chi connectivity index (χ3v) is 3.12. The maximum Gasteiger partial charge on any atom is 0.256 e. The highest BCUT2D eigenvalue weighted by Crippen LogP contribution is 2.27. The number of amides is 2. The van der Waals surface area contributed by atoms with Crippen LogP contribution in [0.15, 0.2) is 11.6 Å². The molecule has 3 heteroatoms. The summed E-state index contributed by atoms with van der Waals surface area (Å²) in [4.78, 5) is 24.4. The Labute approximate surface area is 91.1 Å². The summed E-state index contributed by atoms with van der Waals surface area (Å²) in [6.07, 6.45) is 1.41. The van der Waals surface area contributed by atoms with E-state index in [2.05, 4.69) is 27.7 Å². The first-order valence-electron chi connectivity index (χ1n) is 5.27. The van der Waals surface area contributed by atoms with Gasteiger partial charge in [0.15, 0.2) is 0 Å². The van der Waals surface area contributed by atoms with E-state index >= 15 is 0 Å². The molecule has 1 heterocycles. The van der Waals surface area contributed by atoms with E-state index < -0.39 is 0 Å². The highest BCUT2D eigenvalue weighted by molar-refractivity contribution is 6.15. The summed E-state index contributed by atoms with van der Waals surface area (Å²) in [5.41, 5.74) is 0.651. The Bertz CT molecular complexity index is 323. The quantitative estimate of drug-likeness (QED) is 0.652. The molecule has 0 saturated heterocycles. The van der Waals surface area contributed by atoms with Crippen molar-refractivity contribution in [1.29, 1.82) is 0 Å². The zero-order chi connectivity index (χ0) is 11.8. The van der Waals surface area contributed by atoms with Gasteiger partial charge in [0.05, 0.1) is 0 Å². The molecule has 0 aliphatic carbocycles. The largest absolute Gasteiger partial charge is 0.275 e. The van der Waals surface area contributed by atoms with Crippen LogP contribution < -0.4 is 0 Å². The van der Waals surface area contributed by atoms with Crippen molar-refractivity contribution in [2.24, 2.45) is 11.3 Å². The van der Waals surface area contributed by atoms with Gasteiger partial charge in [0.25, 0.3) is 11.8 Å². The number of hydrogen-bond acceptors (Lipinski definition) is 2. The van der Waals surface area contributed by atoms with Crippen molar-refractivity contribution in [3.8, 4) is 0 Å². The summed E-state index contributed by atoms with van der Waals surface area (Å²) in [6.45, 7) is 10.6. The maximum absolute atomic E-state index is 11.6. The second kappa shape index (κ2) is 3.80. The highest BCUT2D eigenvalue weighted by atomic mass is 16.2. The lowest BCUT2D eigenvalue weighted by Crippen LogP contribution is -2.38. The molecule has 0 bridgehead atoms. The molecule has 0 saturated carbocycles. The van der Waals surface area contributed by atoms with Crippen molar-refractivity contribution in [3.05, 3.63) is 11.6 Å². The molecule has 0 aromatic heterocycles. The molecule has 84 valence electrons. The van der Waals surface area contributed by atoms with E-state index in [1.54, 1.807) is 6.92 Å². The molecule has 0 radical (unpaired) electrons. The molecule has 3 nitrogen and oxygen atoms in total. The topological polar surface area (TPSA) is 37.4 Å². The molecule has 0 aromatic rings. The van der Waals surface area contributed by atoms with Gasteiger partial charge in [-0.15, -0.1) is 0 Å². The molecule has 15 heavy (non-hydrogen) atoms. The molecule has 0 aromatic carbocycles. The van der Waals surface area contributed by atoms with Crippen LogP contribution in [0.4, 0.5) is 0 Å². The molecule has 1 atom stereocenters. The summed E-state index contributed by atoms with van der Waals surface area (Å²) in [7, 11) is 0. The minimum Gasteiger partial charge on any atom is -0.275 e. The molecule has 1 aliphatic heterocycles. The van der Waals surface area contributed by atoms with Crippen LogP contribution in [-0.4, -0.2) is 23.3 Å². The third kappa shape index (κ3) is 2.46. The number of hydrogen-bond donors (Lipinski definition) is 0. The predicted molar refractivity (Wildman–Crippen MR) is 59.1 cm³/mol. The van der Waals surface area contributed by atoms with Gasteiger partial charge in [0, 0.05) is 18.2 Å². The fraction of sp³-hybridized carbons (Fsp3) is 0.667. The van der Waals surface area contributed by atoms with Crippen molar-refractivity contribution in [1.82, 2.24) is 4.90 Å². The zero-order valence-corrected chi connectivity index (χ0v) is 10.1. The van der Waals surface area contributed by atoms with E-state index in [9.17, 15) is 9.59 Å². The molecule has 1 aliphatic rings. The fourth-order valence-corrected chi connectivity index (χ4v) is 1.36. The summed E-state index contributed by atoms with van der Waals surface area (Å²) in [5.74, 6) is -0.0191. The molecule has 0 spiro atoms. The molecular formula is C12H19NO2. The highest BCUT2D eigenvalue weighted by Gasteiger charge is 2.32. The molecule has 0 N–H and O–H groups in total. The Kier molecular flexibility index (Phi) is 3.03. The average Bonchev–Trinajstić information content (AvgIpc) is 2.30. The van der Waals surface area contributed by atoms with Crippen LogP contribution in [0.5, 0.6) is 0 Å². The van der Waals surface area contributed by atoms with Gasteiger partial charge in [-0.25, -0.2) is 0 Å². The SMILES string of the molecule is CC1=CC(=O)N(CC(C)C(C)(C)C)C1=O. The van der Waals surface area contributed by atoms with E-state index in [-0.39, 0.29) is 17.2 Å². The monoisotopic (exact) mass is 209 g/mol. The summed E-state index contributed by atoms with van der Waals surface area (Å²) in [6, 6.07) is 0. The van der Waals surface area contributed by atoms with E-state index in [0.717, 1.165) is 0 Å². The van der Waals surface area contributed by atoms with E-state index in [1.165, 1.54) is 11.0 Å². The second-order valence-electron chi connectivity index (χ2n) is 5.35. The van der Waals surface area contributed by atoms with Gasteiger partial charge in [-0.1, -0.05) is 27.7 Å². The van der Waals surface area contributed by atoms with Gasteiger partial charge in [-0.2, -0.15) is 0 Å². The number of rotatable bonds is 2. The van der Waals surface area contributed by atoms with Crippen LogP contribution in [0, 0.1) is 11.3 Å². The van der Waals surface area contributed by atoms with Crippen LogP contribution >= 0.6 is 0 Å². The summed E-state index contributed by atoms with van der Waals surface area (Å²) < 4.78 is 0. The number of nitrogens with zero attached hydrogens (tertiary/aromatic N) is 1. The van der Waals surface area contributed by atoms with Crippen LogP contribution in [0.1, 0.15) is 34.6 Å². The Hall–Kier alpha value is -1.12. The summed E-state index contributed by atoms with van der Waals surface area (Å²) >= 11 is 0. The third-order valence-electron chi connectivity index (χ3n) is 3.12. The number of carbonyl (C=O) groups is 2. The molecule has 2 amide bonds. The number of imide groups is 1. The molecule has 1 rings (SSSR count). The average molecular weight is 209 g/mol. The van der Waals surface area contributed by atoms with Gasteiger partial charge < -0.3 is 0 Å². The first-order chi connectivity index (χ1) is 6.73. The summed E-state index contributed by atoms with van der Waals surface area (Å²) in [5, 5.41) is 0. The first-order valence-corrected chi connectivity index (χ1v) is 5.27. The Morgan fingerprint density at radius 2 is 1.87 bits per heavy atom. The van der Waals surface area contributed by atoms with Gasteiger partial charge in [0.1, 0.15) is 0 Å². The van der Waals surface area contributed by atoms with Gasteiger partial charge >= 0.3 is 0 Å². The minimum atomic E-state index is -0.173. The Balaban J connectivity index is 2.70. The number of carbonyl (C=O) groups excluding carboxylic acids is 2. The standard InChI is InChI=1S/C12H19NO2/c1-8-6-10(14)13(11(8)15)7-9(2)12(3,4)5/h6,9H,7H2,1-5H3. The molecular weight excluding hydrogens is 190 g/mol. The van der Waals surface area contributed by atoms with Gasteiger partial charge in [-0.05, 0) is 18.3 Å². The second-order valence-corrected chi connectivity index (χ2v) is 5.35. The Morgan fingerprint density at radius 3 is 2.20 bits per heavy atom. The van der Waals surface area contributed by atoms with Crippen molar-refractivity contribution in [2.45, 2.75) is 34.6 Å². The fourth-order valence-electron chi connectivity index (χ4n) is 1.36. The maximum atomic E-state index is 11.6. The van der Waals surface area contributed by atoms with Crippen LogP contribution in [0.3, 0.4) is 0 Å². The van der Waals surface area contributed by atoms with Gasteiger partial charge in [0.2, 0.25) is 0 Å². The lowest BCUT2D eigenvalue weighted by Gasteiger charge is -2.30. The van der Waals surface area contributed by atoms with Crippen molar-refractivity contribution in [3.63, 3.8) is 0 Å². The van der Waals surface area contributed by atoms with E-state index in [1.807, 2.05) is 0 Å². The van der Waals surface area contributed by atoms with Gasteiger partial charge in [-0.3, -0.25) is 14.5 Å². The van der Waals surface area contributed by atoms with Crippen molar-refractivity contribution < 1.29 is 9.59 Å². The van der Waals surface area contributed by atoms with Crippen LogP contribution in [-0.2, 0) is 9.59 Å². The lowest BCUT2D eigenvalue weighted by atomic mass is 9.82. The Morgan fingerprint density at radius 1 is 1.33 bits per heavy atom. The van der Waals surface area contributed by atoms with Crippen molar-refractivity contribution in [2.75, 3.05) is 6.54 Å². The lowest BCUT2D eigenvalue weighted by molar-refractivity contribution is -0.138. The predicted octanol–water partition coefficient (Wildman–Crippen LogP) is 1.98. The van der Waals surface area contributed by atoms with E-state index in [4.69, 9.17) is 0 Å². The minimum absolute atomic E-state index is 0.108.